The van der Waals surface area contributed by atoms with Crippen molar-refractivity contribution in [3.05, 3.63) is 60.2 Å². The topological polar surface area (TPSA) is 59.0 Å². The van der Waals surface area contributed by atoms with E-state index in [1.807, 2.05) is 61.5 Å². The molecule has 0 saturated carbocycles. The number of carboxylic acids is 1. The van der Waals surface area contributed by atoms with E-state index in [0.29, 0.717) is 26.2 Å². The maximum absolute atomic E-state index is 11.1. The van der Waals surface area contributed by atoms with Gasteiger partial charge in [-0.05, 0) is 43.3 Å². The van der Waals surface area contributed by atoms with Gasteiger partial charge in [-0.2, -0.15) is 0 Å². The van der Waals surface area contributed by atoms with Crippen LogP contribution in [0.2, 0.25) is 0 Å². The molecule has 0 aliphatic carbocycles. The molecule has 2 rings (SSSR count). The van der Waals surface area contributed by atoms with E-state index in [4.69, 9.17) is 14.6 Å². The van der Waals surface area contributed by atoms with Crippen molar-refractivity contribution in [1.82, 2.24) is 4.90 Å². The van der Waals surface area contributed by atoms with Gasteiger partial charge in [0.2, 0.25) is 0 Å². The van der Waals surface area contributed by atoms with Crippen LogP contribution in [-0.2, 0) is 11.4 Å². The van der Waals surface area contributed by atoms with Crippen LogP contribution in [-0.4, -0.2) is 42.2 Å². The molecule has 1 unspecified atom stereocenters. The van der Waals surface area contributed by atoms with Crippen molar-refractivity contribution < 1.29 is 19.4 Å². The van der Waals surface area contributed by atoms with Gasteiger partial charge in [0.15, 0.2) is 0 Å². The Kier molecular flexibility index (Phi) is 7.29. The molecule has 0 aliphatic rings. The maximum atomic E-state index is 11.1. The molecular formula is C20H25NO4. The standard InChI is InChI=1S/C20H25NO4/c1-3-19(20(22)23)21(2)13-14-24-17-9-11-18(12-10-17)25-15-16-7-5-4-6-8-16/h4-12,19H,3,13-15H2,1-2H3,(H,22,23). The molecule has 0 radical (unpaired) electrons. The minimum absolute atomic E-state index is 0.435. The Morgan fingerprint density at radius 2 is 1.64 bits per heavy atom. The fraction of sp³-hybridized carbons (Fsp3) is 0.350. The molecule has 5 heteroatoms. The zero-order valence-electron chi connectivity index (χ0n) is 14.7. The highest BCUT2D eigenvalue weighted by Gasteiger charge is 2.19. The van der Waals surface area contributed by atoms with Crippen molar-refractivity contribution in [3.8, 4) is 11.5 Å². The second kappa shape index (κ2) is 9.69. The van der Waals surface area contributed by atoms with E-state index in [2.05, 4.69) is 0 Å². The molecule has 1 N–H and O–H groups in total. The Balaban J connectivity index is 1.75. The molecule has 0 amide bonds. The molecule has 0 heterocycles. The summed E-state index contributed by atoms with van der Waals surface area (Å²) >= 11 is 0. The highest BCUT2D eigenvalue weighted by Crippen LogP contribution is 2.18. The lowest BCUT2D eigenvalue weighted by Gasteiger charge is -2.23. The predicted molar refractivity (Wildman–Crippen MR) is 97.1 cm³/mol. The largest absolute Gasteiger partial charge is 0.492 e. The molecule has 2 aromatic carbocycles. The molecule has 0 saturated heterocycles. The monoisotopic (exact) mass is 343 g/mol. The van der Waals surface area contributed by atoms with Gasteiger partial charge in [0.05, 0.1) is 0 Å². The summed E-state index contributed by atoms with van der Waals surface area (Å²) in [6, 6.07) is 17.0. The summed E-state index contributed by atoms with van der Waals surface area (Å²) in [6.07, 6.45) is 0.569. The SMILES string of the molecule is CCC(C(=O)O)N(C)CCOc1ccc(OCc2ccccc2)cc1. The highest BCUT2D eigenvalue weighted by molar-refractivity contribution is 5.73. The maximum Gasteiger partial charge on any atom is 0.320 e. The van der Waals surface area contributed by atoms with Crippen molar-refractivity contribution in [1.29, 1.82) is 0 Å². The Labute approximate surface area is 148 Å². The number of hydrogen-bond donors (Lipinski definition) is 1. The van der Waals surface area contributed by atoms with Crippen LogP contribution in [0.1, 0.15) is 18.9 Å². The Morgan fingerprint density at radius 1 is 1.04 bits per heavy atom. The Morgan fingerprint density at radius 3 is 2.20 bits per heavy atom. The number of likely N-dealkylation sites (N-methyl/N-ethyl adjacent to an activating group) is 1. The van der Waals surface area contributed by atoms with Crippen molar-refractivity contribution in [2.24, 2.45) is 0 Å². The molecule has 0 spiro atoms. The summed E-state index contributed by atoms with van der Waals surface area (Å²) in [7, 11) is 1.80. The summed E-state index contributed by atoms with van der Waals surface area (Å²) in [4.78, 5) is 12.9. The number of benzene rings is 2. The van der Waals surface area contributed by atoms with Gasteiger partial charge in [-0.25, -0.2) is 0 Å². The normalized spacial score (nSPS) is 12.0. The Hall–Kier alpha value is -2.53. The molecule has 0 aromatic heterocycles. The predicted octanol–water partition coefficient (Wildman–Crippen LogP) is 3.44. The van der Waals surface area contributed by atoms with Gasteiger partial charge in [-0.1, -0.05) is 37.3 Å². The summed E-state index contributed by atoms with van der Waals surface area (Å²) in [5.74, 6) is 0.721. The van der Waals surface area contributed by atoms with Crippen LogP contribution in [0.3, 0.4) is 0 Å². The number of rotatable bonds is 10. The number of carboxylic acid groups (broad SMARTS) is 1. The number of hydrogen-bond acceptors (Lipinski definition) is 4. The first-order chi connectivity index (χ1) is 12.1. The van der Waals surface area contributed by atoms with Crippen LogP contribution >= 0.6 is 0 Å². The third-order valence-corrected chi connectivity index (χ3v) is 3.99. The minimum atomic E-state index is -0.801. The van der Waals surface area contributed by atoms with Crippen LogP contribution in [0, 0.1) is 0 Å². The zero-order valence-corrected chi connectivity index (χ0v) is 14.7. The zero-order chi connectivity index (χ0) is 18.1. The van der Waals surface area contributed by atoms with Crippen molar-refractivity contribution in [2.45, 2.75) is 26.0 Å². The van der Waals surface area contributed by atoms with Crippen LogP contribution in [0.15, 0.2) is 54.6 Å². The van der Waals surface area contributed by atoms with Crippen molar-refractivity contribution in [2.75, 3.05) is 20.2 Å². The van der Waals surface area contributed by atoms with E-state index in [9.17, 15) is 4.79 Å². The molecular weight excluding hydrogens is 318 g/mol. The summed E-state index contributed by atoms with van der Waals surface area (Å²) in [5, 5.41) is 9.13. The molecule has 2 aromatic rings. The van der Waals surface area contributed by atoms with E-state index in [0.717, 1.165) is 17.1 Å². The van der Waals surface area contributed by atoms with Gasteiger partial charge >= 0.3 is 5.97 Å². The van der Waals surface area contributed by atoms with Crippen molar-refractivity contribution >= 4 is 5.97 Å². The van der Waals surface area contributed by atoms with E-state index in [1.165, 1.54) is 0 Å². The van der Waals surface area contributed by atoms with Crippen LogP contribution in [0.25, 0.3) is 0 Å². The van der Waals surface area contributed by atoms with Gasteiger partial charge < -0.3 is 14.6 Å². The van der Waals surface area contributed by atoms with Crippen LogP contribution in [0.5, 0.6) is 11.5 Å². The van der Waals surface area contributed by atoms with Gasteiger partial charge in [0.1, 0.15) is 30.8 Å². The summed E-state index contributed by atoms with van der Waals surface area (Å²) in [5.41, 5.74) is 1.12. The Bertz CT molecular complexity index is 643. The van der Waals surface area contributed by atoms with Gasteiger partial charge in [-0.15, -0.1) is 0 Å². The van der Waals surface area contributed by atoms with E-state index in [1.54, 1.807) is 11.9 Å². The fourth-order valence-electron chi connectivity index (χ4n) is 2.51. The molecule has 5 nitrogen and oxygen atoms in total. The molecule has 0 aliphatic heterocycles. The number of nitrogens with zero attached hydrogens (tertiary/aromatic N) is 1. The fourth-order valence-corrected chi connectivity index (χ4v) is 2.51. The molecule has 0 fully saturated rings. The molecule has 0 bridgehead atoms. The number of carbonyl (C=O) groups is 1. The van der Waals surface area contributed by atoms with E-state index < -0.39 is 12.0 Å². The average Bonchev–Trinajstić information content (AvgIpc) is 2.62. The highest BCUT2D eigenvalue weighted by atomic mass is 16.5. The van der Waals surface area contributed by atoms with Crippen LogP contribution < -0.4 is 9.47 Å². The third-order valence-electron chi connectivity index (χ3n) is 3.99. The molecule has 134 valence electrons. The first-order valence-electron chi connectivity index (χ1n) is 8.42. The van der Waals surface area contributed by atoms with E-state index >= 15 is 0 Å². The minimum Gasteiger partial charge on any atom is -0.492 e. The lowest BCUT2D eigenvalue weighted by molar-refractivity contribution is -0.143. The molecule has 1 atom stereocenters. The van der Waals surface area contributed by atoms with E-state index in [-0.39, 0.29) is 0 Å². The van der Waals surface area contributed by atoms with Gasteiger partial charge in [-0.3, -0.25) is 9.69 Å². The van der Waals surface area contributed by atoms with Gasteiger partial charge in [0.25, 0.3) is 0 Å². The second-order valence-electron chi connectivity index (χ2n) is 5.84. The van der Waals surface area contributed by atoms with Crippen LogP contribution in [0.4, 0.5) is 0 Å². The molecule has 25 heavy (non-hydrogen) atoms. The first kappa shape index (κ1) is 18.8. The lowest BCUT2D eigenvalue weighted by atomic mass is 10.2. The smallest absolute Gasteiger partial charge is 0.320 e. The van der Waals surface area contributed by atoms with Crippen molar-refractivity contribution in [3.63, 3.8) is 0 Å². The third kappa shape index (κ3) is 6.12. The summed E-state index contributed by atoms with van der Waals surface area (Å²) < 4.78 is 11.4. The lowest BCUT2D eigenvalue weighted by Crippen LogP contribution is -2.40. The van der Waals surface area contributed by atoms with Gasteiger partial charge in [0, 0.05) is 6.54 Å². The summed E-state index contributed by atoms with van der Waals surface area (Å²) in [6.45, 7) is 3.38. The first-order valence-corrected chi connectivity index (χ1v) is 8.42. The quantitative estimate of drug-likeness (QED) is 0.716. The number of aliphatic carboxylic acids is 1. The second-order valence-corrected chi connectivity index (χ2v) is 5.84. The average molecular weight is 343 g/mol. The number of ether oxygens (including phenoxy) is 2.